The lowest BCUT2D eigenvalue weighted by Crippen LogP contribution is -2.32. The molecule has 0 saturated heterocycles. The van der Waals surface area contributed by atoms with Gasteiger partial charge in [-0.3, -0.25) is 4.40 Å². The van der Waals surface area contributed by atoms with E-state index < -0.39 is 0 Å². The van der Waals surface area contributed by atoms with Crippen LogP contribution in [0, 0.1) is 5.92 Å². The van der Waals surface area contributed by atoms with Gasteiger partial charge < -0.3 is 5.32 Å². The van der Waals surface area contributed by atoms with Crippen LogP contribution in [0.3, 0.4) is 0 Å². The zero-order valence-corrected chi connectivity index (χ0v) is 10.8. The van der Waals surface area contributed by atoms with Crippen LogP contribution in [0.5, 0.6) is 0 Å². The molecular formula is C14H20N4. The van der Waals surface area contributed by atoms with Gasteiger partial charge in [-0.05, 0) is 43.7 Å². The highest BCUT2D eigenvalue weighted by Gasteiger charge is 2.18. The minimum absolute atomic E-state index is 0.650. The second kappa shape index (κ2) is 5.06. The maximum atomic E-state index is 4.25. The fourth-order valence-electron chi connectivity index (χ4n) is 2.71. The Morgan fingerprint density at radius 1 is 1.22 bits per heavy atom. The Kier molecular flexibility index (Phi) is 3.28. The van der Waals surface area contributed by atoms with Crippen LogP contribution in [0.2, 0.25) is 0 Å². The fourth-order valence-corrected chi connectivity index (χ4v) is 2.71. The van der Waals surface area contributed by atoms with Gasteiger partial charge in [-0.25, -0.2) is 0 Å². The number of pyridine rings is 1. The number of nitrogens with one attached hydrogen (secondary N) is 1. The fraction of sp³-hybridized carbons (Fsp3) is 0.571. The molecule has 0 amide bonds. The molecule has 1 aliphatic carbocycles. The van der Waals surface area contributed by atoms with Gasteiger partial charge in [0.15, 0.2) is 11.5 Å². The van der Waals surface area contributed by atoms with Crippen LogP contribution in [-0.4, -0.2) is 20.6 Å². The molecule has 1 aliphatic rings. The molecule has 18 heavy (non-hydrogen) atoms. The van der Waals surface area contributed by atoms with Gasteiger partial charge in [0.2, 0.25) is 0 Å². The van der Waals surface area contributed by atoms with Crippen molar-refractivity contribution in [2.45, 2.75) is 45.2 Å². The van der Waals surface area contributed by atoms with Crippen molar-refractivity contribution >= 4 is 5.65 Å². The average Bonchev–Trinajstić information content (AvgIpc) is 2.82. The Hall–Kier alpha value is -1.42. The van der Waals surface area contributed by atoms with Crippen molar-refractivity contribution < 1.29 is 0 Å². The van der Waals surface area contributed by atoms with Gasteiger partial charge in [0, 0.05) is 12.2 Å². The molecule has 3 rings (SSSR count). The summed E-state index contributed by atoms with van der Waals surface area (Å²) in [6, 6.07) is 6.64. The predicted octanol–water partition coefficient (Wildman–Crippen LogP) is 2.40. The summed E-state index contributed by atoms with van der Waals surface area (Å²) in [5, 5.41) is 12.0. The monoisotopic (exact) mass is 244 g/mol. The molecule has 2 aromatic rings. The smallest absolute Gasteiger partial charge is 0.160 e. The van der Waals surface area contributed by atoms with Gasteiger partial charge in [0.1, 0.15) is 0 Å². The van der Waals surface area contributed by atoms with Crippen molar-refractivity contribution in [2.75, 3.05) is 0 Å². The summed E-state index contributed by atoms with van der Waals surface area (Å²) in [7, 11) is 0. The van der Waals surface area contributed by atoms with E-state index in [-0.39, 0.29) is 0 Å². The first-order chi connectivity index (χ1) is 8.83. The molecule has 0 spiro atoms. The van der Waals surface area contributed by atoms with Crippen molar-refractivity contribution in [1.29, 1.82) is 0 Å². The Labute approximate surface area is 107 Å². The quantitative estimate of drug-likeness (QED) is 0.901. The molecule has 0 aliphatic heterocycles. The molecule has 0 aromatic carbocycles. The summed E-state index contributed by atoms with van der Waals surface area (Å²) in [5.41, 5.74) is 0.923. The number of fused-ring (bicyclic) bond motifs is 1. The minimum Gasteiger partial charge on any atom is -0.307 e. The molecule has 0 radical (unpaired) electrons. The van der Waals surface area contributed by atoms with Gasteiger partial charge in [-0.2, -0.15) is 0 Å². The van der Waals surface area contributed by atoms with Crippen molar-refractivity contribution in [3.8, 4) is 0 Å². The predicted molar refractivity (Wildman–Crippen MR) is 71.2 cm³/mol. The largest absolute Gasteiger partial charge is 0.307 e. The van der Waals surface area contributed by atoms with Crippen LogP contribution < -0.4 is 5.32 Å². The molecule has 1 fully saturated rings. The van der Waals surface area contributed by atoms with Crippen molar-refractivity contribution in [3.63, 3.8) is 0 Å². The van der Waals surface area contributed by atoms with E-state index in [0.717, 1.165) is 23.9 Å². The van der Waals surface area contributed by atoms with Crippen LogP contribution in [-0.2, 0) is 6.54 Å². The molecule has 96 valence electrons. The number of aromatic nitrogens is 3. The molecule has 1 saturated carbocycles. The van der Waals surface area contributed by atoms with Crippen LogP contribution >= 0.6 is 0 Å². The highest BCUT2D eigenvalue weighted by molar-refractivity contribution is 5.36. The summed E-state index contributed by atoms with van der Waals surface area (Å²) in [6.07, 6.45) is 7.29. The average molecular weight is 244 g/mol. The zero-order valence-electron chi connectivity index (χ0n) is 10.8. The minimum atomic E-state index is 0.650. The second-order valence-corrected chi connectivity index (χ2v) is 5.38. The number of rotatable bonds is 3. The van der Waals surface area contributed by atoms with Gasteiger partial charge in [-0.1, -0.05) is 13.0 Å². The van der Waals surface area contributed by atoms with Crippen molar-refractivity contribution in [3.05, 3.63) is 30.2 Å². The summed E-state index contributed by atoms with van der Waals surface area (Å²) < 4.78 is 2.05. The van der Waals surface area contributed by atoms with Crippen LogP contribution in [0.15, 0.2) is 24.4 Å². The second-order valence-electron chi connectivity index (χ2n) is 5.38. The van der Waals surface area contributed by atoms with E-state index in [4.69, 9.17) is 0 Å². The number of nitrogens with zero attached hydrogens (tertiary/aromatic N) is 3. The lowest BCUT2D eigenvalue weighted by Gasteiger charge is -2.26. The van der Waals surface area contributed by atoms with E-state index in [1.54, 1.807) is 0 Å². The molecule has 4 nitrogen and oxygen atoms in total. The van der Waals surface area contributed by atoms with Gasteiger partial charge in [0.05, 0.1) is 6.54 Å². The molecule has 0 bridgehead atoms. The highest BCUT2D eigenvalue weighted by atomic mass is 15.3. The van der Waals surface area contributed by atoms with Gasteiger partial charge in [-0.15, -0.1) is 10.2 Å². The number of hydrogen-bond donors (Lipinski definition) is 1. The SMILES string of the molecule is CC1CCC(NCc2nnc3ccccn23)CC1. The Bertz CT molecular complexity index is 511. The van der Waals surface area contributed by atoms with Crippen LogP contribution in [0.4, 0.5) is 0 Å². The maximum absolute atomic E-state index is 4.25. The zero-order chi connectivity index (χ0) is 12.4. The Balaban J connectivity index is 1.63. The van der Waals surface area contributed by atoms with Crippen LogP contribution in [0.1, 0.15) is 38.4 Å². The molecular weight excluding hydrogens is 224 g/mol. The summed E-state index contributed by atoms with van der Waals surface area (Å²) in [5.74, 6) is 1.90. The summed E-state index contributed by atoms with van der Waals surface area (Å²) in [4.78, 5) is 0. The number of hydrogen-bond acceptors (Lipinski definition) is 3. The molecule has 2 aromatic heterocycles. The topological polar surface area (TPSA) is 42.2 Å². The first-order valence-corrected chi connectivity index (χ1v) is 6.85. The molecule has 2 heterocycles. The van der Waals surface area contributed by atoms with E-state index in [2.05, 4.69) is 26.8 Å². The third kappa shape index (κ3) is 2.38. The highest BCUT2D eigenvalue weighted by Crippen LogP contribution is 2.23. The summed E-state index contributed by atoms with van der Waals surface area (Å²) >= 11 is 0. The normalized spacial score (nSPS) is 24.5. The summed E-state index contributed by atoms with van der Waals surface area (Å²) in [6.45, 7) is 3.16. The van der Waals surface area contributed by atoms with Crippen molar-refractivity contribution in [2.24, 2.45) is 5.92 Å². The van der Waals surface area contributed by atoms with Gasteiger partial charge >= 0.3 is 0 Å². The van der Waals surface area contributed by atoms with E-state index in [1.165, 1.54) is 25.7 Å². The molecule has 4 heteroatoms. The van der Waals surface area contributed by atoms with E-state index in [1.807, 2.05) is 24.4 Å². The van der Waals surface area contributed by atoms with E-state index in [9.17, 15) is 0 Å². The van der Waals surface area contributed by atoms with E-state index in [0.29, 0.717) is 6.04 Å². The first-order valence-electron chi connectivity index (χ1n) is 6.85. The van der Waals surface area contributed by atoms with Crippen molar-refractivity contribution in [1.82, 2.24) is 19.9 Å². The molecule has 0 atom stereocenters. The first kappa shape index (κ1) is 11.7. The van der Waals surface area contributed by atoms with E-state index >= 15 is 0 Å². The third-order valence-corrected chi connectivity index (χ3v) is 3.95. The lowest BCUT2D eigenvalue weighted by molar-refractivity contribution is 0.305. The van der Waals surface area contributed by atoms with Gasteiger partial charge in [0.25, 0.3) is 0 Å². The molecule has 0 unspecified atom stereocenters. The third-order valence-electron chi connectivity index (χ3n) is 3.95. The molecule has 1 N–H and O–H groups in total. The Morgan fingerprint density at radius 3 is 2.89 bits per heavy atom. The lowest BCUT2D eigenvalue weighted by atomic mass is 9.87. The standard InChI is InChI=1S/C14H20N4/c1-11-5-7-12(8-6-11)15-10-14-17-16-13-4-2-3-9-18(13)14/h2-4,9,11-12,15H,5-8,10H2,1H3. The maximum Gasteiger partial charge on any atom is 0.160 e. The van der Waals surface area contributed by atoms with Crippen LogP contribution in [0.25, 0.3) is 5.65 Å². The Morgan fingerprint density at radius 2 is 2.06 bits per heavy atom.